The van der Waals surface area contributed by atoms with Gasteiger partial charge in [0.15, 0.2) is 0 Å². The molecule has 0 N–H and O–H groups in total. The third-order valence-corrected chi connectivity index (χ3v) is 1.28. The van der Waals surface area contributed by atoms with Gasteiger partial charge in [0, 0.05) is 1.37 Å². The Morgan fingerprint density at radius 1 is 1.56 bits per heavy atom. The van der Waals surface area contributed by atoms with E-state index < -0.39 is 0 Å². The maximum Gasteiger partial charge on any atom is 0.148 e. The zero-order valence-electron chi connectivity index (χ0n) is 6.59. The van der Waals surface area contributed by atoms with E-state index in [4.69, 9.17) is 1.37 Å². The summed E-state index contributed by atoms with van der Waals surface area (Å²) in [7, 11) is 1.90. The van der Waals surface area contributed by atoms with Gasteiger partial charge < -0.3 is 0 Å². The van der Waals surface area contributed by atoms with Gasteiger partial charge in [-0.1, -0.05) is 42.1 Å². The van der Waals surface area contributed by atoms with E-state index in [0.29, 0.717) is 6.80 Å². The van der Waals surface area contributed by atoms with Crippen LogP contribution in [-0.2, 0) is 0 Å². The summed E-state index contributed by atoms with van der Waals surface area (Å²) in [6, 6.07) is 8.16. The van der Waals surface area contributed by atoms with E-state index in [1.807, 2.05) is 19.4 Å². The summed E-state index contributed by atoms with van der Waals surface area (Å²) in [6.45, 7) is 2.42. The van der Waals surface area contributed by atoms with Crippen LogP contribution in [0.3, 0.4) is 0 Å². The van der Waals surface area contributed by atoms with Gasteiger partial charge in [-0.3, -0.25) is 0 Å². The molecule has 1 aromatic rings. The van der Waals surface area contributed by atoms with E-state index in [2.05, 4.69) is 19.1 Å². The normalized spacial score (nSPS) is 10.6. The van der Waals surface area contributed by atoms with Gasteiger partial charge in [0.25, 0.3) is 0 Å². The highest BCUT2D eigenvalue weighted by atomic mass is 13.8. The average Bonchev–Trinajstić information content (AvgIpc) is 1.88. The Morgan fingerprint density at radius 3 is 3.11 bits per heavy atom. The summed E-state index contributed by atoms with van der Waals surface area (Å²) < 4.78 is 6.96. The fourth-order valence-corrected chi connectivity index (χ4v) is 0.797. The van der Waals surface area contributed by atoms with Gasteiger partial charge in [0.1, 0.15) is 7.28 Å². The highest BCUT2D eigenvalue weighted by Crippen LogP contribution is 1.91. The van der Waals surface area contributed by atoms with Crippen molar-refractivity contribution >= 4 is 12.7 Å². The number of hydrogen-bond donors (Lipinski definition) is 0. The molecular weight excluding hydrogens is 107 g/mol. The van der Waals surface area contributed by atoms with Gasteiger partial charge in [-0.2, -0.15) is 0 Å². The number of benzene rings is 1. The maximum absolute atomic E-state index is 6.96. The molecule has 0 atom stereocenters. The Bertz CT molecular complexity index is 210. The molecule has 1 aromatic carbocycles. The van der Waals surface area contributed by atoms with Crippen molar-refractivity contribution in [1.29, 1.82) is 0 Å². The molecular formula is C8H10B. The van der Waals surface area contributed by atoms with Crippen LogP contribution in [0, 0.1) is 6.92 Å². The lowest BCUT2D eigenvalue weighted by atomic mass is 9.73. The van der Waals surface area contributed by atoms with E-state index >= 15 is 0 Å². The third kappa shape index (κ3) is 1.60. The maximum atomic E-state index is 6.96. The second-order valence-corrected chi connectivity index (χ2v) is 2.12. The van der Waals surface area contributed by atoms with Gasteiger partial charge in [0.2, 0.25) is 0 Å². The molecule has 0 aliphatic carbocycles. The molecule has 0 saturated heterocycles. The lowest BCUT2D eigenvalue weighted by Gasteiger charge is -1.94. The molecule has 0 saturated carbocycles. The SMILES string of the molecule is [2H]C[B]c1cccc(C)c1. The van der Waals surface area contributed by atoms with Crippen LogP contribution in [0.2, 0.25) is 6.80 Å². The highest BCUT2D eigenvalue weighted by molar-refractivity contribution is 6.51. The quantitative estimate of drug-likeness (QED) is 0.488. The van der Waals surface area contributed by atoms with Gasteiger partial charge in [-0.05, 0) is 6.92 Å². The highest BCUT2D eigenvalue weighted by Gasteiger charge is 1.87. The monoisotopic (exact) mass is 118 g/mol. The van der Waals surface area contributed by atoms with Gasteiger partial charge >= 0.3 is 0 Å². The molecule has 0 nitrogen and oxygen atoms in total. The molecule has 1 rings (SSSR count). The van der Waals surface area contributed by atoms with E-state index in [1.54, 1.807) is 0 Å². The van der Waals surface area contributed by atoms with Crippen molar-refractivity contribution in [3.63, 3.8) is 0 Å². The Morgan fingerprint density at radius 2 is 2.44 bits per heavy atom. The Kier molecular flexibility index (Phi) is 1.54. The van der Waals surface area contributed by atoms with E-state index in [9.17, 15) is 0 Å². The van der Waals surface area contributed by atoms with Crippen molar-refractivity contribution in [3.8, 4) is 0 Å². The molecule has 0 spiro atoms. The topological polar surface area (TPSA) is 0 Å². The first-order valence-corrected chi connectivity index (χ1v) is 3.02. The molecule has 0 fully saturated rings. The van der Waals surface area contributed by atoms with Crippen molar-refractivity contribution in [2.24, 2.45) is 0 Å². The second-order valence-electron chi connectivity index (χ2n) is 2.12. The van der Waals surface area contributed by atoms with Gasteiger partial charge in [0.05, 0.1) is 0 Å². The van der Waals surface area contributed by atoms with Crippen molar-refractivity contribution in [3.05, 3.63) is 29.8 Å². The summed E-state index contributed by atoms with van der Waals surface area (Å²) in [5.41, 5.74) is 2.40. The fraction of sp³-hybridized carbons (Fsp3) is 0.250. The summed E-state index contributed by atoms with van der Waals surface area (Å²) in [5, 5.41) is 0. The van der Waals surface area contributed by atoms with Crippen LogP contribution >= 0.6 is 0 Å². The second kappa shape index (κ2) is 2.72. The summed E-state index contributed by atoms with van der Waals surface area (Å²) in [6.07, 6.45) is 0. The molecule has 45 valence electrons. The predicted molar refractivity (Wildman–Crippen MR) is 42.4 cm³/mol. The minimum atomic E-state index is 0.365. The van der Waals surface area contributed by atoms with Gasteiger partial charge in [-0.15, -0.1) is 0 Å². The van der Waals surface area contributed by atoms with E-state index in [-0.39, 0.29) is 0 Å². The molecule has 9 heavy (non-hydrogen) atoms. The Labute approximate surface area is 58.6 Å². The van der Waals surface area contributed by atoms with Crippen LogP contribution < -0.4 is 5.46 Å². The zero-order valence-corrected chi connectivity index (χ0v) is 5.59. The molecule has 0 amide bonds. The molecule has 0 aliphatic heterocycles. The van der Waals surface area contributed by atoms with Crippen molar-refractivity contribution in [2.75, 3.05) is 0 Å². The van der Waals surface area contributed by atoms with Crippen LogP contribution in [0.4, 0.5) is 0 Å². The Balaban J connectivity index is 2.75. The minimum absolute atomic E-state index is 0.365. The number of aryl methyl sites for hydroxylation is 1. The van der Waals surface area contributed by atoms with Crippen LogP contribution in [0.25, 0.3) is 0 Å². The largest absolute Gasteiger partial charge is 0.148 e. The first-order chi connectivity index (χ1) is 4.83. The van der Waals surface area contributed by atoms with Crippen LogP contribution in [0.1, 0.15) is 6.93 Å². The fourth-order valence-electron chi connectivity index (χ4n) is 0.797. The van der Waals surface area contributed by atoms with Crippen LogP contribution in [0.5, 0.6) is 0 Å². The first-order valence-electron chi connectivity index (χ1n) is 3.73. The standard InChI is InChI=1S/C8H10B/c1-7-4-3-5-8(6-7)9-2/h3-6H,1-2H3/i2D. The zero-order chi connectivity index (χ0) is 7.40. The lowest BCUT2D eigenvalue weighted by Crippen LogP contribution is -2.09. The van der Waals surface area contributed by atoms with Crippen molar-refractivity contribution in [1.82, 2.24) is 0 Å². The third-order valence-electron chi connectivity index (χ3n) is 1.28. The minimum Gasteiger partial charge on any atom is -0.0878 e. The van der Waals surface area contributed by atoms with E-state index in [0.717, 1.165) is 5.46 Å². The predicted octanol–water partition coefficient (Wildman–Crippen LogP) is 1.37. The van der Waals surface area contributed by atoms with Crippen molar-refractivity contribution < 1.29 is 1.37 Å². The molecule has 0 heterocycles. The molecule has 0 unspecified atom stereocenters. The smallest absolute Gasteiger partial charge is 0.0878 e. The number of hydrogen-bond acceptors (Lipinski definition) is 0. The lowest BCUT2D eigenvalue weighted by molar-refractivity contribution is 1.49. The Hall–Kier alpha value is -0.715. The summed E-state index contributed by atoms with van der Waals surface area (Å²) in [4.78, 5) is 0. The molecule has 1 heteroatoms. The molecule has 1 radical (unpaired) electrons. The van der Waals surface area contributed by atoms with Gasteiger partial charge in [-0.25, -0.2) is 0 Å². The van der Waals surface area contributed by atoms with Crippen LogP contribution in [-0.4, -0.2) is 7.28 Å². The summed E-state index contributed by atoms with van der Waals surface area (Å²) in [5.74, 6) is 0. The molecule has 0 aromatic heterocycles. The molecule has 0 bridgehead atoms. The summed E-state index contributed by atoms with van der Waals surface area (Å²) >= 11 is 0. The molecule has 0 aliphatic rings. The van der Waals surface area contributed by atoms with Crippen LogP contribution in [0.15, 0.2) is 24.3 Å². The average molecular weight is 118 g/mol. The first kappa shape index (κ1) is 5.10. The van der Waals surface area contributed by atoms with E-state index in [1.165, 1.54) is 5.56 Å². The van der Waals surface area contributed by atoms with Crippen molar-refractivity contribution in [2.45, 2.75) is 13.7 Å². The number of rotatable bonds is 1.